The lowest BCUT2D eigenvalue weighted by Crippen LogP contribution is -2.32. The van der Waals surface area contributed by atoms with E-state index in [-0.39, 0.29) is 34.5 Å². The summed E-state index contributed by atoms with van der Waals surface area (Å²) in [5, 5.41) is 3.18. The lowest BCUT2D eigenvalue weighted by molar-refractivity contribution is 0.0920. The Balaban J connectivity index is 2.20. The van der Waals surface area contributed by atoms with Gasteiger partial charge in [-0.25, -0.2) is 9.37 Å². The molecule has 1 amide bonds. The van der Waals surface area contributed by atoms with Crippen molar-refractivity contribution in [1.29, 1.82) is 0 Å². The summed E-state index contributed by atoms with van der Waals surface area (Å²) in [6.07, 6.45) is 0. The summed E-state index contributed by atoms with van der Waals surface area (Å²) in [6, 6.07) is 10.8. The van der Waals surface area contributed by atoms with Crippen LogP contribution >= 0.6 is 11.6 Å². The molecule has 0 aliphatic rings. The van der Waals surface area contributed by atoms with E-state index in [1.54, 1.807) is 30.3 Å². The fraction of sp³-hybridized carbons (Fsp3) is 0.250. The van der Waals surface area contributed by atoms with E-state index in [0.29, 0.717) is 0 Å². The molecular weight excluding hydrogens is 291 g/mol. The molecule has 0 saturated carbocycles. The minimum Gasteiger partial charge on any atom is -0.344 e. The number of pyridine rings is 1. The third-order valence-corrected chi connectivity index (χ3v) is 3.34. The molecule has 0 saturated heterocycles. The minimum atomic E-state index is -0.305. The van der Waals surface area contributed by atoms with Gasteiger partial charge in [0.1, 0.15) is 16.7 Å². The number of amides is 1. The Labute approximate surface area is 128 Å². The molecule has 0 radical (unpaired) electrons. The zero-order valence-corrected chi connectivity index (χ0v) is 12.6. The number of nitrogens with zero attached hydrogens (tertiary/aromatic N) is 1. The lowest BCUT2D eigenvalue weighted by atomic mass is 9.96. The van der Waals surface area contributed by atoms with Gasteiger partial charge in [0.2, 0.25) is 0 Å². The van der Waals surface area contributed by atoms with Crippen molar-refractivity contribution in [2.24, 2.45) is 5.92 Å². The Morgan fingerprint density at radius 1 is 1.19 bits per heavy atom. The molecule has 2 rings (SSSR count). The summed E-state index contributed by atoms with van der Waals surface area (Å²) in [4.78, 5) is 16.2. The minimum absolute atomic E-state index is 0.151. The molecule has 0 spiro atoms. The van der Waals surface area contributed by atoms with Crippen LogP contribution in [-0.2, 0) is 0 Å². The summed E-state index contributed by atoms with van der Waals surface area (Å²) >= 11 is 5.79. The first-order chi connectivity index (χ1) is 9.97. The first-order valence-corrected chi connectivity index (χ1v) is 7.04. The molecule has 0 aliphatic heterocycles. The maximum absolute atomic E-state index is 13.0. The van der Waals surface area contributed by atoms with Crippen molar-refractivity contribution in [2.75, 3.05) is 0 Å². The van der Waals surface area contributed by atoms with Crippen LogP contribution in [0.3, 0.4) is 0 Å². The van der Waals surface area contributed by atoms with Crippen LogP contribution in [0.1, 0.15) is 35.9 Å². The third kappa shape index (κ3) is 4.02. The zero-order chi connectivity index (χ0) is 15.4. The fourth-order valence-electron chi connectivity index (χ4n) is 2.05. The number of aromatic nitrogens is 1. The summed E-state index contributed by atoms with van der Waals surface area (Å²) in [5.41, 5.74) is 1.11. The summed E-state index contributed by atoms with van der Waals surface area (Å²) in [6.45, 7) is 3.97. The SMILES string of the molecule is CC(C)C(NC(=O)c1cccc(Cl)n1)c1ccc(F)cc1. The van der Waals surface area contributed by atoms with E-state index < -0.39 is 0 Å². The van der Waals surface area contributed by atoms with Crippen molar-refractivity contribution in [3.63, 3.8) is 0 Å². The van der Waals surface area contributed by atoms with Gasteiger partial charge in [0.05, 0.1) is 6.04 Å². The second kappa shape index (κ2) is 6.68. The monoisotopic (exact) mass is 306 g/mol. The third-order valence-electron chi connectivity index (χ3n) is 3.13. The predicted octanol–water partition coefficient (Wildman–Crippen LogP) is 4.00. The molecule has 3 nitrogen and oxygen atoms in total. The molecule has 1 atom stereocenters. The largest absolute Gasteiger partial charge is 0.344 e. The van der Waals surface area contributed by atoms with E-state index in [9.17, 15) is 9.18 Å². The van der Waals surface area contributed by atoms with Gasteiger partial charge in [-0.2, -0.15) is 0 Å². The van der Waals surface area contributed by atoms with Crippen LogP contribution in [0.25, 0.3) is 0 Å². The maximum atomic E-state index is 13.0. The van der Waals surface area contributed by atoms with Crippen LogP contribution in [0.2, 0.25) is 5.15 Å². The van der Waals surface area contributed by atoms with Gasteiger partial charge >= 0.3 is 0 Å². The molecule has 110 valence electrons. The number of hydrogen-bond acceptors (Lipinski definition) is 2. The van der Waals surface area contributed by atoms with Gasteiger partial charge in [0.15, 0.2) is 0 Å². The highest BCUT2D eigenvalue weighted by molar-refractivity contribution is 6.29. The van der Waals surface area contributed by atoms with Crippen molar-refractivity contribution >= 4 is 17.5 Å². The molecule has 21 heavy (non-hydrogen) atoms. The van der Waals surface area contributed by atoms with Crippen LogP contribution in [0.4, 0.5) is 4.39 Å². The Kier molecular flexibility index (Phi) is 4.91. The van der Waals surface area contributed by atoms with Crippen LogP contribution in [-0.4, -0.2) is 10.9 Å². The quantitative estimate of drug-likeness (QED) is 0.867. The number of carbonyl (C=O) groups excluding carboxylic acids is 1. The fourth-order valence-corrected chi connectivity index (χ4v) is 2.22. The van der Waals surface area contributed by atoms with Crippen molar-refractivity contribution in [3.8, 4) is 0 Å². The average molecular weight is 307 g/mol. The van der Waals surface area contributed by atoms with Gasteiger partial charge in [0.25, 0.3) is 5.91 Å². The van der Waals surface area contributed by atoms with Crippen LogP contribution in [0.5, 0.6) is 0 Å². The standard InChI is InChI=1S/C16H16ClFN2O/c1-10(2)15(11-6-8-12(18)9-7-11)20-16(21)13-4-3-5-14(17)19-13/h3-10,15H,1-2H3,(H,20,21). The highest BCUT2D eigenvalue weighted by Crippen LogP contribution is 2.22. The Hall–Kier alpha value is -1.94. The predicted molar refractivity (Wildman–Crippen MR) is 80.7 cm³/mol. The van der Waals surface area contributed by atoms with Crippen LogP contribution < -0.4 is 5.32 Å². The molecule has 5 heteroatoms. The molecule has 0 aliphatic carbocycles. The van der Waals surface area contributed by atoms with Crippen molar-refractivity contribution in [1.82, 2.24) is 10.3 Å². The first-order valence-electron chi connectivity index (χ1n) is 6.66. The smallest absolute Gasteiger partial charge is 0.270 e. The number of hydrogen-bond donors (Lipinski definition) is 1. The average Bonchev–Trinajstić information content (AvgIpc) is 2.45. The van der Waals surface area contributed by atoms with Gasteiger partial charge < -0.3 is 5.32 Å². The van der Waals surface area contributed by atoms with Gasteiger partial charge in [-0.1, -0.05) is 43.6 Å². The highest BCUT2D eigenvalue weighted by Gasteiger charge is 2.20. The molecule has 0 fully saturated rings. The molecule has 1 aromatic carbocycles. The molecule has 1 heterocycles. The number of benzene rings is 1. The second-order valence-corrected chi connectivity index (χ2v) is 5.48. The van der Waals surface area contributed by atoms with Crippen LogP contribution in [0.15, 0.2) is 42.5 Å². The highest BCUT2D eigenvalue weighted by atomic mass is 35.5. The van der Waals surface area contributed by atoms with Crippen molar-refractivity contribution in [3.05, 3.63) is 64.7 Å². The van der Waals surface area contributed by atoms with Crippen molar-refractivity contribution < 1.29 is 9.18 Å². The molecule has 0 bridgehead atoms. The van der Waals surface area contributed by atoms with Gasteiger partial charge in [-0.05, 0) is 35.7 Å². The summed E-state index contributed by atoms with van der Waals surface area (Å²) < 4.78 is 13.0. The first kappa shape index (κ1) is 15.4. The van der Waals surface area contributed by atoms with E-state index in [0.717, 1.165) is 5.56 Å². The molecular formula is C16H16ClFN2O. The van der Waals surface area contributed by atoms with Gasteiger partial charge in [-0.15, -0.1) is 0 Å². The molecule has 1 unspecified atom stereocenters. The number of nitrogens with one attached hydrogen (secondary N) is 1. The zero-order valence-electron chi connectivity index (χ0n) is 11.8. The van der Waals surface area contributed by atoms with Gasteiger partial charge in [-0.3, -0.25) is 4.79 Å². The number of rotatable bonds is 4. The molecule has 1 N–H and O–H groups in total. The summed E-state index contributed by atoms with van der Waals surface area (Å²) in [5.74, 6) is -0.455. The second-order valence-electron chi connectivity index (χ2n) is 5.09. The van der Waals surface area contributed by atoms with E-state index in [1.165, 1.54) is 12.1 Å². The number of carbonyl (C=O) groups is 1. The van der Waals surface area contributed by atoms with Crippen LogP contribution in [0, 0.1) is 11.7 Å². The Bertz CT molecular complexity index is 628. The topological polar surface area (TPSA) is 42.0 Å². The Morgan fingerprint density at radius 3 is 2.43 bits per heavy atom. The molecule has 2 aromatic rings. The Morgan fingerprint density at radius 2 is 1.86 bits per heavy atom. The summed E-state index contributed by atoms with van der Waals surface area (Å²) in [7, 11) is 0. The molecule has 1 aromatic heterocycles. The van der Waals surface area contributed by atoms with E-state index in [2.05, 4.69) is 10.3 Å². The number of halogens is 2. The normalized spacial score (nSPS) is 12.2. The maximum Gasteiger partial charge on any atom is 0.270 e. The van der Waals surface area contributed by atoms with E-state index in [4.69, 9.17) is 11.6 Å². The van der Waals surface area contributed by atoms with Crippen molar-refractivity contribution in [2.45, 2.75) is 19.9 Å². The van der Waals surface area contributed by atoms with Gasteiger partial charge in [0, 0.05) is 0 Å². The van der Waals surface area contributed by atoms with E-state index >= 15 is 0 Å². The lowest BCUT2D eigenvalue weighted by Gasteiger charge is -2.22. The van der Waals surface area contributed by atoms with E-state index in [1.807, 2.05) is 13.8 Å².